The van der Waals surface area contributed by atoms with Gasteiger partial charge in [-0.05, 0) is 35.9 Å². The molecular formula is C18H20ClFN2O3S2. The van der Waals surface area contributed by atoms with Crippen molar-refractivity contribution in [3.05, 3.63) is 64.9 Å². The lowest BCUT2D eigenvalue weighted by Gasteiger charge is -2.21. The van der Waals surface area contributed by atoms with E-state index in [0.717, 1.165) is 27.9 Å². The monoisotopic (exact) mass is 430 g/mol. The molecule has 9 heteroatoms. The fourth-order valence-corrected chi connectivity index (χ4v) is 4.04. The van der Waals surface area contributed by atoms with Gasteiger partial charge in [0.25, 0.3) is 0 Å². The van der Waals surface area contributed by atoms with Crippen LogP contribution in [0.3, 0.4) is 0 Å². The number of hydrogen-bond donors (Lipinski definition) is 1. The van der Waals surface area contributed by atoms with Crippen molar-refractivity contribution in [1.29, 1.82) is 0 Å². The fraction of sp³-hybridized carbons (Fsp3) is 0.278. The fourth-order valence-electron chi connectivity index (χ4n) is 2.25. The number of rotatable bonds is 9. The average molecular weight is 431 g/mol. The number of anilines is 1. The molecule has 0 saturated carbocycles. The Morgan fingerprint density at radius 1 is 1.22 bits per heavy atom. The summed E-state index contributed by atoms with van der Waals surface area (Å²) in [6, 6.07) is 12.7. The molecule has 0 spiro atoms. The van der Waals surface area contributed by atoms with Crippen molar-refractivity contribution in [3.8, 4) is 0 Å². The van der Waals surface area contributed by atoms with Gasteiger partial charge in [-0.15, -0.1) is 0 Å². The van der Waals surface area contributed by atoms with Crippen LogP contribution in [-0.4, -0.2) is 39.4 Å². The van der Waals surface area contributed by atoms with E-state index >= 15 is 0 Å². The van der Waals surface area contributed by atoms with Gasteiger partial charge in [0.2, 0.25) is 15.9 Å². The molecular weight excluding hydrogens is 411 g/mol. The van der Waals surface area contributed by atoms with Crippen LogP contribution in [0.25, 0.3) is 0 Å². The zero-order chi connectivity index (χ0) is 19.9. The molecule has 0 fully saturated rings. The molecule has 0 radical (unpaired) electrons. The molecule has 0 aliphatic rings. The van der Waals surface area contributed by atoms with Gasteiger partial charge in [0.1, 0.15) is 12.4 Å². The van der Waals surface area contributed by atoms with Crippen LogP contribution < -0.4 is 9.62 Å². The number of nitrogens with zero attached hydrogens (tertiary/aromatic N) is 1. The standard InChI is InChI=1S/C18H20ClFN2O3S2/c1-27(24,25)22(17-4-2-3-16(20)11-17)12-18(23)21-9-10-26-13-14-5-7-15(19)8-6-14/h2-8,11H,9-10,12-13H2,1H3,(H,21,23). The Kier molecular flexibility index (Phi) is 7.94. The number of carbonyl (C=O) groups is 1. The van der Waals surface area contributed by atoms with Gasteiger partial charge in [0.15, 0.2) is 0 Å². The lowest BCUT2D eigenvalue weighted by atomic mass is 10.2. The van der Waals surface area contributed by atoms with Gasteiger partial charge in [-0.2, -0.15) is 11.8 Å². The Hall–Kier alpha value is -1.77. The van der Waals surface area contributed by atoms with E-state index in [4.69, 9.17) is 11.6 Å². The molecule has 0 bridgehead atoms. The van der Waals surface area contributed by atoms with Crippen LogP contribution in [0.5, 0.6) is 0 Å². The Balaban J connectivity index is 1.81. The quantitative estimate of drug-likeness (QED) is 0.620. The first kappa shape index (κ1) is 21.5. The Bertz CT molecular complexity index is 876. The van der Waals surface area contributed by atoms with Crippen molar-refractivity contribution in [3.63, 3.8) is 0 Å². The van der Waals surface area contributed by atoms with Crippen molar-refractivity contribution in [2.24, 2.45) is 0 Å². The van der Waals surface area contributed by atoms with Gasteiger partial charge in [-0.1, -0.05) is 29.8 Å². The molecule has 2 aromatic rings. The van der Waals surface area contributed by atoms with E-state index < -0.39 is 28.3 Å². The third-order valence-corrected chi connectivity index (χ3v) is 5.96. The number of halogens is 2. The largest absolute Gasteiger partial charge is 0.354 e. The minimum Gasteiger partial charge on any atom is -0.354 e. The average Bonchev–Trinajstić information content (AvgIpc) is 2.60. The van der Waals surface area contributed by atoms with Crippen LogP contribution in [0.4, 0.5) is 10.1 Å². The van der Waals surface area contributed by atoms with E-state index in [1.807, 2.05) is 24.3 Å². The molecule has 0 aromatic heterocycles. The summed E-state index contributed by atoms with van der Waals surface area (Å²) in [7, 11) is -3.71. The minimum absolute atomic E-state index is 0.116. The van der Waals surface area contributed by atoms with Crippen molar-refractivity contribution in [1.82, 2.24) is 5.32 Å². The van der Waals surface area contributed by atoms with Crippen LogP contribution in [-0.2, 0) is 20.6 Å². The highest BCUT2D eigenvalue weighted by Crippen LogP contribution is 2.18. The summed E-state index contributed by atoms with van der Waals surface area (Å²) >= 11 is 7.47. The molecule has 0 unspecified atom stereocenters. The van der Waals surface area contributed by atoms with Crippen LogP contribution in [0.1, 0.15) is 5.56 Å². The summed E-state index contributed by atoms with van der Waals surface area (Å²) in [5.74, 6) is 0.441. The van der Waals surface area contributed by atoms with E-state index in [9.17, 15) is 17.6 Å². The molecule has 2 rings (SSSR count). The van der Waals surface area contributed by atoms with E-state index in [1.54, 1.807) is 11.8 Å². The predicted octanol–water partition coefficient (Wildman–Crippen LogP) is 3.29. The van der Waals surface area contributed by atoms with Crippen LogP contribution >= 0.6 is 23.4 Å². The summed E-state index contributed by atoms with van der Waals surface area (Å²) < 4.78 is 38.1. The molecule has 0 aliphatic carbocycles. The molecule has 2 aromatic carbocycles. The zero-order valence-electron chi connectivity index (χ0n) is 14.7. The second-order valence-corrected chi connectivity index (χ2v) is 9.23. The first-order chi connectivity index (χ1) is 12.8. The van der Waals surface area contributed by atoms with Crippen molar-refractivity contribution < 1.29 is 17.6 Å². The lowest BCUT2D eigenvalue weighted by Crippen LogP contribution is -2.41. The van der Waals surface area contributed by atoms with Gasteiger partial charge < -0.3 is 5.32 Å². The maximum Gasteiger partial charge on any atom is 0.240 e. The van der Waals surface area contributed by atoms with Crippen LogP contribution in [0.15, 0.2) is 48.5 Å². The van der Waals surface area contributed by atoms with Gasteiger partial charge in [0, 0.05) is 23.1 Å². The number of sulfonamides is 1. The van der Waals surface area contributed by atoms with Crippen molar-refractivity contribution in [2.75, 3.05) is 29.4 Å². The Labute approximate surface area is 168 Å². The molecule has 1 N–H and O–H groups in total. The normalized spacial score (nSPS) is 11.2. The second kappa shape index (κ2) is 9.96. The SMILES string of the molecule is CS(=O)(=O)N(CC(=O)NCCSCc1ccc(Cl)cc1)c1cccc(F)c1. The molecule has 27 heavy (non-hydrogen) atoms. The summed E-state index contributed by atoms with van der Waals surface area (Å²) in [4.78, 5) is 12.1. The first-order valence-electron chi connectivity index (χ1n) is 8.08. The third kappa shape index (κ3) is 7.40. The minimum atomic E-state index is -3.71. The number of thioether (sulfide) groups is 1. The smallest absolute Gasteiger partial charge is 0.240 e. The highest BCUT2D eigenvalue weighted by Gasteiger charge is 2.21. The van der Waals surface area contributed by atoms with Crippen molar-refractivity contribution in [2.45, 2.75) is 5.75 Å². The Morgan fingerprint density at radius 2 is 1.93 bits per heavy atom. The topological polar surface area (TPSA) is 66.5 Å². The van der Waals surface area contributed by atoms with Crippen molar-refractivity contribution >= 4 is 45.0 Å². The van der Waals surface area contributed by atoms with Gasteiger partial charge in [-0.25, -0.2) is 12.8 Å². The number of hydrogen-bond acceptors (Lipinski definition) is 4. The Morgan fingerprint density at radius 3 is 2.56 bits per heavy atom. The van der Waals surface area contributed by atoms with E-state index in [-0.39, 0.29) is 5.69 Å². The van der Waals surface area contributed by atoms with E-state index in [0.29, 0.717) is 17.3 Å². The molecule has 5 nitrogen and oxygen atoms in total. The number of benzene rings is 2. The number of amides is 1. The van der Waals surface area contributed by atoms with Gasteiger partial charge in [-0.3, -0.25) is 9.10 Å². The maximum absolute atomic E-state index is 13.4. The summed E-state index contributed by atoms with van der Waals surface area (Å²) in [6.07, 6.45) is 0.979. The van der Waals surface area contributed by atoms with E-state index in [1.165, 1.54) is 18.2 Å². The number of nitrogens with one attached hydrogen (secondary N) is 1. The predicted molar refractivity (Wildman–Crippen MR) is 109 cm³/mol. The van der Waals surface area contributed by atoms with Crippen LogP contribution in [0, 0.1) is 5.82 Å². The summed E-state index contributed by atoms with van der Waals surface area (Å²) in [6.45, 7) is 0.00196. The highest BCUT2D eigenvalue weighted by molar-refractivity contribution is 7.98. The molecule has 0 atom stereocenters. The lowest BCUT2D eigenvalue weighted by molar-refractivity contribution is -0.119. The third-order valence-electron chi connectivity index (χ3n) is 3.53. The second-order valence-electron chi connectivity index (χ2n) is 5.78. The number of carbonyl (C=O) groups excluding carboxylic acids is 1. The van der Waals surface area contributed by atoms with Gasteiger partial charge in [0.05, 0.1) is 11.9 Å². The molecule has 146 valence electrons. The highest BCUT2D eigenvalue weighted by atomic mass is 35.5. The zero-order valence-corrected chi connectivity index (χ0v) is 17.1. The molecule has 1 amide bonds. The van der Waals surface area contributed by atoms with Crippen LogP contribution in [0.2, 0.25) is 5.02 Å². The molecule has 0 saturated heterocycles. The summed E-state index contributed by atoms with van der Waals surface area (Å²) in [5, 5.41) is 3.37. The van der Waals surface area contributed by atoms with E-state index in [2.05, 4.69) is 5.32 Å². The van der Waals surface area contributed by atoms with Gasteiger partial charge >= 0.3 is 0 Å². The summed E-state index contributed by atoms with van der Waals surface area (Å²) in [5.41, 5.74) is 1.25. The first-order valence-corrected chi connectivity index (χ1v) is 11.5. The maximum atomic E-state index is 13.4. The molecule has 0 heterocycles. The molecule has 0 aliphatic heterocycles.